The Morgan fingerprint density at radius 1 is 0.567 bits per heavy atom. The standard InChI is InChI=1S/C26H32N2O2/c1-15-11-19(13-21(27)23(15)29)25(3,4)17-7-9-18(10-8-17)26(5,6)20-12-16(2)24(30)22(28)14-20/h7-14,29-30H,27-28H2,1-6H3. The minimum absolute atomic E-state index is 0.148. The van der Waals surface area contributed by atoms with Gasteiger partial charge in [-0.15, -0.1) is 0 Å². The number of nitrogen functional groups attached to an aromatic ring is 2. The zero-order valence-electron chi connectivity index (χ0n) is 18.7. The van der Waals surface area contributed by atoms with Crippen molar-refractivity contribution in [3.63, 3.8) is 0 Å². The van der Waals surface area contributed by atoms with Crippen LogP contribution in [0.1, 0.15) is 61.1 Å². The van der Waals surface area contributed by atoms with Crippen molar-refractivity contribution < 1.29 is 10.2 Å². The lowest BCUT2D eigenvalue weighted by Crippen LogP contribution is -2.22. The summed E-state index contributed by atoms with van der Waals surface area (Å²) in [5.41, 5.74) is 18.2. The topological polar surface area (TPSA) is 92.5 Å². The summed E-state index contributed by atoms with van der Waals surface area (Å²) in [6.45, 7) is 12.3. The number of benzene rings is 3. The van der Waals surface area contributed by atoms with Crippen molar-refractivity contribution in [3.05, 3.63) is 81.9 Å². The number of nitrogens with two attached hydrogens (primary N) is 2. The molecule has 158 valence electrons. The highest BCUT2D eigenvalue weighted by Crippen LogP contribution is 2.39. The molecule has 0 aliphatic heterocycles. The molecule has 6 N–H and O–H groups in total. The Morgan fingerprint density at radius 3 is 1.13 bits per heavy atom. The van der Waals surface area contributed by atoms with Crippen LogP contribution in [0.5, 0.6) is 11.5 Å². The normalized spacial score (nSPS) is 12.2. The van der Waals surface area contributed by atoms with Crippen molar-refractivity contribution in [1.29, 1.82) is 0 Å². The maximum Gasteiger partial charge on any atom is 0.141 e. The highest BCUT2D eigenvalue weighted by atomic mass is 16.3. The van der Waals surface area contributed by atoms with Gasteiger partial charge in [0, 0.05) is 10.8 Å². The molecular formula is C26H32N2O2. The lowest BCUT2D eigenvalue weighted by Gasteiger charge is -2.30. The highest BCUT2D eigenvalue weighted by Gasteiger charge is 2.28. The molecule has 4 heteroatoms. The molecule has 0 bridgehead atoms. The van der Waals surface area contributed by atoms with E-state index in [1.54, 1.807) is 0 Å². The molecule has 3 aromatic carbocycles. The number of rotatable bonds is 4. The molecule has 3 aromatic rings. The van der Waals surface area contributed by atoms with Crippen LogP contribution in [0.15, 0.2) is 48.5 Å². The molecule has 0 aromatic heterocycles. The summed E-state index contributed by atoms with van der Waals surface area (Å²) in [7, 11) is 0. The van der Waals surface area contributed by atoms with Crippen molar-refractivity contribution >= 4 is 11.4 Å². The lowest BCUT2D eigenvalue weighted by atomic mass is 9.74. The Hall–Kier alpha value is -3.14. The fourth-order valence-corrected chi connectivity index (χ4v) is 3.97. The van der Waals surface area contributed by atoms with E-state index in [1.165, 1.54) is 0 Å². The molecule has 30 heavy (non-hydrogen) atoms. The molecule has 0 atom stereocenters. The smallest absolute Gasteiger partial charge is 0.141 e. The zero-order chi connectivity index (χ0) is 22.4. The van der Waals surface area contributed by atoms with Gasteiger partial charge < -0.3 is 21.7 Å². The molecule has 0 aliphatic rings. The first-order valence-electron chi connectivity index (χ1n) is 10.2. The predicted octanol–water partition coefficient (Wildman–Crippen LogP) is 5.53. The average molecular weight is 405 g/mol. The molecule has 0 amide bonds. The van der Waals surface area contributed by atoms with Gasteiger partial charge in [0.15, 0.2) is 0 Å². The maximum atomic E-state index is 10.0. The number of anilines is 2. The van der Waals surface area contributed by atoms with Crippen molar-refractivity contribution in [1.82, 2.24) is 0 Å². The third-order valence-corrected chi connectivity index (χ3v) is 6.43. The zero-order valence-corrected chi connectivity index (χ0v) is 18.7. The van der Waals surface area contributed by atoms with Gasteiger partial charge in [-0.1, -0.05) is 64.1 Å². The summed E-state index contributed by atoms with van der Waals surface area (Å²) in [5.74, 6) is 0.297. The Labute approximate surface area is 179 Å². The number of phenolic OH excluding ortho intramolecular Hbond substituents is 2. The van der Waals surface area contributed by atoms with E-state index in [0.29, 0.717) is 11.4 Å². The highest BCUT2D eigenvalue weighted by molar-refractivity contribution is 5.61. The molecular weight excluding hydrogens is 372 g/mol. The van der Waals surface area contributed by atoms with Gasteiger partial charge >= 0.3 is 0 Å². The maximum absolute atomic E-state index is 10.0. The van der Waals surface area contributed by atoms with Crippen molar-refractivity contribution in [3.8, 4) is 11.5 Å². The van der Waals surface area contributed by atoms with E-state index in [0.717, 1.165) is 33.4 Å². The van der Waals surface area contributed by atoms with Crippen LogP contribution in [-0.4, -0.2) is 10.2 Å². The summed E-state index contributed by atoms with van der Waals surface area (Å²) in [4.78, 5) is 0. The van der Waals surface area contributed by atoms with E-state index < -0.39 is 0 Å². The van der Waals surface area contributed by atoms with Crippen LogP contribution < -0.4 is 11.5 Å². The fourth-order valence-electron chi connectivity index (χ4n) is 3.97. The Bertz CT molecular complexity index is 962. The van der Waals surface area contributed by atoms with Crippen molar-refractivity contribution in [2.24, 2.45) is 0 Å². The molecule has 0 radical (unpaired) electrons. The van der Waals surface area contributed by atoms with Crippen molar-refractivity contribution in [2.45, 2.75) is 52.4 Å². The summed E-state index contributed by atoms with van der Waals surface area (Å²) >= 11 is 0. The van der Waals surface area contributed by atoms with Gasteiger partial charge in [-0.25, -0.2) is 0 Å². The number of aromatic hydroxyl groups is 2. The van der Waals surface area contributed by atoms with Crippen LogP contribution in [0.3, 0.4) is 0 Å². The lowest BCUT2D eigenvalue weighted by molar-refractivity contribution is 0.472. The summed E-state index contributed by atoms with van der Waals surface area (Å²) < 4.78 is 0. The van der Waals surface area contributed by atoms with E-state index in [-0.39, 0.29) is 22.3 Å². The largest absolute Gasteiger partial charge is 0.506 e. The summed E-state index contributed by atoms with van der Waals surface area (Å²) in [6.07, 6.45) is 0. The third kappa shape index (κ3) is 3.58. The fraction of sp³-hybridized carbons (Fsp3) is 0.308. The third-order valence-electron chi connectivity index (χ3n) is 6.43. The van der Waals surface area contributed by atoms with Gasteiger partial charge in [-0.2, -0.15) is 0 Å². The van der Waals surface area contributed by atoms with Gasteiger partial charge in [0.05, 0.1) is 11.4 Å². The van der Waals surface area contributed by atoms with Crippen LogP contribution >= 0.6 is 0 Å². The monoisotopic (exact) mass is 404 g/mol. The molecule has 0 saturated carbocycles. The van der Waals surface area contributed by atoms with Gasteiger partial charge in [-0.05, 0) is 59.4 Å². The molecule has 0 fully saturated rings. The van der Waals surface area contributed by atoms with Gasteiger partial charge in [0.25, 0.3) is 0 Å². The minimum atomic E-state index is -0.269. The quantitative estimate of drug-likeness (QED) is 0.340. The summed E-state index contributed by atoms with van der Waals surface area (Å²) in [6, 6.07) is 16.3. The van der Waals surface area contributed by atoms with Crippen LogP contribution in [-0.2, 0) is 10.8 Å². The first-order chi connectivity index (χ1) is 13.9. The molecule has 4 nitrogen and oxygen atoms in total. The van der Waals surface area contributed by atoms with Crippen LogP contribution in [0.2, 0.25) is 0 Å². The van der Waals surface area contributed by atoms with E-state index in [9.17, 15) is 10.2 Å². The van der Waals surface area contributed by atoms with E-state index in [4.69, 9.17) is 11.5 Å². The second kappa shape index (κ2) is 7.28. The van der Waals surface area contributed by atoms with Crippen LogP contribution in [0, 0.1) is 13.8 Å². The average Bonchev–Trinajstić information content (AvgIpc) is 2.69. The first kappa shape index (κ1) is 21.6. The molecule has 0 spiro atoms. The molecule has 0 aliphatic carbocycles. The van der Waals surface area contributed by atoms with Crippen LogP contribution in [0.25, 0.3) is 0 Å². The van der Waals surface area contributed by atoms with Gasteiger partial charge in [0.1, 0.15) is 11.5 Å². The van der Waals surface area contributed by atoms with E-state index >= 15 is 0 Å². The van der Waals surface area contributed by atoms with Crippen LogP contribution in [0.4, 0.5) is 11.4 Å². The molecule has 3 rings (SSSR count). The van der Waals surface area contributed by atoms with Crippen molar-refractivity contribution in [2.75, 3.05) is 11.5 Å². The Kier molecular flexibility index (Phi) is 5.23. The SMILES string of the molecule is Cc1cc(C(C)(C)c2ccc(C(C)(C)c3cc(C)c(O)c(N)c3)cc2)cc(N)c1O. The number of hydrogen-bond acceptors (Lipinski definition) is 4. The number of phenols is 2. The second-order valence-electron chi connectivity index (χ2n) is 9.29. The van der Waals surface area contributed by atoms with Gasteiger partial charge in [0.2, 0.25) is 0 Å². The minimum Gasteiger partial charge on any atom is -0.506 e. The first-order valence-corrected chi connectivity index (χ1v) is 10.2. The van der Waals surface area contributed by atoms with E-state index in [2.05, 4.69) is 52.0 Å². The molecule has 0 unspecified atom stereocenters. The van der Waals surface area contributed by atoms with Gasteiger partial charge in [-0.3, -0.25) is 0 Å². The Morgan fingerprint density at radius 2 is 0.867 bits per heavy atom. The molecule has 0 heterocycles. The Balaban J connectivity index is 1.99. The second-order valence-corrected chi connectivity index (χ2v) is 9.29. The number of aryl methyl sites for hydroxylation is 2. The predicted molar refractivity (Wildman–Crippen MR) is 125 cm³/mol. The number of hydrogen-bond donors (Lipinski definition) is 4. The molecule has 0 saturated heterocycles. The van der Waals surface area contributed by atoms with E-state index in [1.807, 2.05) is 38.1 Å². The summed E-state index contributed by atoms with van der Waals surface area (Å²) in [5, 5.41) is 20.0.